The number of rotatable bonds is 36. The van der Waals surface area contributed by atoms with E-state index in [0.29, 0.717) is 6.42 Å². The third-order valence-electron chi connectivity index (χ3n) is 10.2. The maximum atomic E-state index is 13.0. The molecule has 0 radical (unpaired) electrons. The lowest BCUT2D eigenvalue weighted by Gasteiger charge is -2.41. The second-order valence-corrected chi connectivity index (χ2v) is 16.3. The molecule has 0 aliphatic carbocycles. The summed E-state index contributed by atoms with van der Waals surface area (Å²) >= 11 is 0. The first-order valence-electron chi connectivity index (χ1n) is 21.7. The van der Waals surface area contributed by atoms with E-state index in [0.717, 1.165) is 44.9 Å². The van der Waals surface area contributed by atoms with E-state index in [2.05, 4.69) is 35.5 Å². The first-order valence-corrected chi connectivity index (χ1v) is 23.1. The smallest absolute Gasteiger partial charge is 0.394 e. The van der Waals surface area contributed by atoms with Crippen molar-refractivity contribution in [1.82, 2.24) is 5.32 Å². The Hall–Kier alpha value is -1.42. The highest BCUT2D eigenvalue weighted by molar-refractivity contribution is 7.80. The number of carbonyl (C=O) groups is 1. The van der Waals surface area contributed by atoms with Crippen LogP contribution in [0.4, 0.5) is 0 Å². The van der Waals surface area contributed by atoms with Gasteiger partial charge >= 0.3 is 10.4 Å². The number of aliphatic hydroxyl groups is 4. The Morgan fingerprint density at radius 2 is 1.16 bits per heavy atom. The molecule has 0 aromatic carbocycles. The van der Waals surface area contributed by atoms with Crippen LogP contribution in [0.3, 0.4) is 0 Å². The van der Waals surface area contributed by atoms with Crippen LogP contribution in [-0.4, -0.2) is 95.4 Å². The summed E-state index contributed by atoms with van der Waals surface area (Å²) in [5.74, 6) is -0.269. The molecule has 12 nitrogen and oxygen atoms in total. The minimum absolute atomic E-state index is 0.264. The summed E-state index contributed by atoms with van der Waals surface area (Å²) in [5, 5.41) is 44.5. The summed E-state index contributed by atoms with van der Waals surface area (Å²) in [5.41, 5.74) is 0. The summed E-state index contributed by atoms with van der Waals surface area (Å²) in [6, 6.07) is -0.942. The van der Waals surface area contributed by atoms with Crippen LogP contribution in [0.15, 0.2) is 24.3 Å². The topological polar surface area (TPSA) is 192 Å². The molecule has 0 bridgehead atoms. The van der Waals surface area contributed by atoms with Crippen molar-refractivity contribution in [2.45, 2.75) is 224 Å². The highest BCUT2D eigenvalue weighted by Gasteiger charge is 2.48. The van der Waals surface area contributed by atoms with E-state index in [1.165, 1.54) is 109 Å². The molecule has 1 heterocycles. The Balaban J connectivity index is 2.54. The highest BCUT2D eigenvalue weighted by Crippen LogP contribution is 2.26. The summed E-state index contributed by atoms with van der Waals surface area (Å²) in [6.45, 7) is 3.35. The molecule has 55 heavy (non-hydrogen) atoms. The molecule has 7 atom stereocenters. The van der Waals surface area contributed by atoms with Gasteiger partial charge < -0.3 is 35.2 Å². The molecule has 324 valence electrons. The molecular formula is C42H79NO11S. The number of hydrogen-bond acceptors (Lipinski definition) is 10. The summed E-state index contributed by atoms with van der Waals surface area (Å²) in [7, 11) is -5.08. The van der Waals surface area contributed by atoms with Gasteiger partial charge in [-0.3, -0.25) is 9.35 Å². The van der Waals surface area contributed by atoms with E-state index in [-0.39, 0.29) is 18.9 Å². The molecule has 1 aliphatic rings. The van der Waals surface area contributed by atoms with Gasteiger partial charge in [-0.25, -0.2) is 4.18 Å². The number of allylic oxidation sites excluding steroid dienone is 3. The molecule has 0 spiro atoms. The predicted octanol–water partition coefficient (Wildman–Crippen LogP) is 7.77. The molecule has 0 saturated carbocycles. The van der Waals surface area contributed by atoms with Crippen molar-refractivity contribution < 1.29 is 51.8 Å². The average molecular weight is 806 g/mol. The van der Waals surface area contributed by atoms with Crippen LogP contribution in [0, 0.1) is 0 Å². The molecule has 0 aromatic heterocycles. The van der Waals surface area contributed by atoms with Gasteiger partial charge in [0.2, 0.25) is 5.91 Å². The molecule has 1 amide bonds. The molecule has 6 N–H and O–H groups in total. The molecule has 1 fully saturated rings. The van der Waals surface area contributed by atoms with E-state index in [1.54, 1.807) is 6.08 Å². The first kappa shape index (κ1) is 51.6. The van der Waals surface area contributed by atoms with E-state index in [1.807, 2.05) is 6.08 Å². The highest BCUT2D eigenvalue weighted by atomic mass is 32.3. The van der Waals surface area contributed by atoms with Gasteiger partial charge in [0, 0.05) is 6.42 Å². The average Bonchev–Trinajstić information content (AvgIpc) is 3.15. The number of nitrogens with one attached hydrogen (secondary N) is 1. The van der Waals surface area contributed by atoms with E-state index in [4.69, 9.17) is 14.0 Å². The van der Waals surface area contributed by atoms with Crippen molar-refractivity contribution in [2.24, 2.45) is 0 Å². The molecule has 13 heteroatoms. The fourth-order valence-electron chi connectivity index (χ4n) is 6.80. The second kappa shape index (κ2) is 33.5. The largest absolute Gasteiger partial charge is 0.397 e. The van der Waals surface area contributed by atoms with Gasteiger partial charge in [0.25, 0.3) is 0 Å². The van der Waals surface area contributed by atoms with Crippen molar-refractivity contribution in [3.8, 4) is 0 Å². The minimum atomic E-state index is -5.08. The Morgan fingerprint density at radius 3 is 1.64 bits per heavy atom. The molecule has 1 saturated heterocycles. The minimum Gasteiger partial charge on any atom is -0.394 e. The normalized spacial score (nSPS) is 21.8. The summed E-state index contributed by atoms with van der Waals surface area (Å²) in [4.78, 5) is 13.0. The number of unbranched alkanes of at least 4 members (excludes halogenated alkanes) is 22. The van der Waals surface area contributed by atoms with Gasteiger partial charge in [-0.1, -0.05) is 154 Å². The number of amides is 1. The van der Waals surface area contributed by atoms with E-state index in [9.17, 15) is 33.6 Å². The third kappa shape index (κ3) is 27.0. The molecule has 7 unspecified atom stereocenters. The lowest BCUT2D eigenvalue weighted by Crippen LogP contribution is -2.61. The fourth-order valence-corrected chi connectivity index (χ4v) is 7.31. The Bertz CT molecular complexity index is 1090. The quantitative estimate of drug-likeness (QED) is 0.0206. The maximum absolute atomic E-state index is 13.0. The Morgan fingerprint density at radius 1 is 0.709 bits per heavy atom. The second-order valence-electron chi connectivity index (χ2n) is 15.3. The van der Waals surface area contributed by atoms with E-state index >= 15 is 0 Å². The zero-order valence-electron chi connectivity index (χ0n) is 34.2. The van der Waals surface area contributed by atoms with Gasteiger partial charge in [0.15, 0.2) is 6.29 Å². The van der Waals surface area contributed by atoms with Crippen LogP contribution in [0.1, 0.15) is 181 Å². The Kier molecular flexibility index (Phi) is 31.5. The van der Waals surface area contributed by atoms with E-state index < -0.39 is 59.9 Å². The van der Waals surface area contributed by atoms with Crippen LogP contribution >= 0.6 is 0 Å². The number of hydrogen-bond donors (Lipinski definition) is 6. The van der Waals surface area contributed by atoms with Gasteiger partial charge in [-0.2, -0.15) is 8.42 Å². The van der Waals surface area contributed by atoms with Crippen molar-refractivity contribution in [2.75, 3.05) is 13.2 Å². The SMILES string of the molecule is CCCCCCCC/C=C\CCCCCCCCCC(=O)NC(COC1OC(CO)C(O)C(OS(=O)(=O)O)C1O)C(O)/C=C/CCCCCCCCCCC. The number of aliphatic hydroxyl groups excluding tert-OH is 4. The zero-order valence-corrected chi connectivity index (χ0v) is 35.1. The predicted molar refractivity (Wildman–Crippen MR) is 218 cm³/mol. The van der Waals surface area contributed by atoms with Crippen molar-refractivity contribution >= 4 is 16.3 Å². The molecule has 0 aromatic rings. The number of ether oxygens (including phenoxy) is 2. The van der Waals surface area contributed by atoms with Crippen LogP contribution in [0.2, 0.25) is 0 Å². The van der Waals surface area contributed by atoms with Crippen molar-refractivity contribution in [3.05, 3.63) is 24.3 Å². The lowest BCUT2D eigenvalue weighted by atomic mass is 9.99. The van der Waals surface area contributed by atoms with Gasteiger partial charge in [-0.15, -0.1) is 0 Å². The van der Waals surface area contributed by atoms with Crippen LogP contribution in [0.5, 0.6) is 0 Å². The van der Waals surface area contributed by atoms with Crippen molar-refractivity contribution in [1.29, 1.82) is 0 Å². The zero-order chi connectivity index (χ0) is 40.6. The standard InChI is InChI=1S/C42H79NO11S/c1-3-5-7-9-11-13-15-16-17-18-19-20-22-24-26-28-30-32-38(46)43-35(36(45)31-29-27-25-23-21-14-12-10-8-6-4-2)34-52-42-40(48)41(54-55(49,50)51)39(47)37(33-44)53-42/h16-17,29,31,35-37,39-42,44-45,47-48H,3-15,18-28,30,32-34H2,1-2H3,(H,43,46)(H,49,50,51)/b17-16-,31-29+. The van der Waals surface area contributed by atoms with Gasteiger partial charge in [0.05, 0.1) is 25.4 Å². The van der Waals surface area contributed by atoms with Crippen LogP contribution in [0.25, 0.3) is 0 Å². The lowest BCUT2D eigenvalue weighted by molar-refractivity contribution is -0.298. The molecular weight excluding hydrogens is 727 g/mol. The van der Waals surface area contributed by atoms with Crippen LogP contribution in [-0.2, 0) is 28.9 Å². The van der Waals surface area contributed by atoms with Crippen molar-refractivity contribution in [3.63, 3.8) is 0 Å². The number of carbonyl (C=O) groups excluding carboxylic acids is 1. The fraction of sp³-hybridized carbons (Fsp3) is 0.881. The summed E-state index contributed by atoms with van der Waals surface area (Å²) in [6.07, 6.45) is 27.9. The summed E-state index contributed by atoms with van der Waals surface area (Å²) < 4.78 is 47.4. The molecule has 1 rings (SSSR count). The molecule has 1 aliphatic heterocycles. The first-order chi connectivity index (χ1) is 26.5. The monoisotopic (exact) mass is 806 g/mol. The van der Waals surface area contributed by atoms with Gasteiger partial charge in [-0.05, 0) is 44.9 Å². The third-order valence-corrected chi connectivity index (χ3v) is 10.7. The van der Waals surface area contributed by atoms with Gasteiger partial charge in [0.1, 0.15) is 24.4 Å². The Labute approximate surface area is 333 Å². The maximum Gasteiger partial charge on any atom is 0.397 e. The van der Waals surface area contributed by atoms with Crippen LogP contribution < -0.4 is 5.32 Å².